The summed E-state index contributed by atoms with van der Waals surface area (Å²) in [5.41, 5.74) is 9.60. The molecule has 0 bridgehead atoms. The van der Waals surface area contributed by atoms with Crippen molar-refractivity contribution in [1.82, 2.24) is 9.88 Å². The molecular formula is C17H22BrN3. The largest absolute Gasteiger partial charge is 0.329 e. The van der Waals surface area contributed by atoms with Crippen molar-refractivity contribution >= 4 is 15.9 Å². The van der Waals surface area contributed by atoms with Gasteiger partial charge in [0.25, 0.3) is 0 Å². The average molecular weight is 348 g/mol. The number of likely N-dealkylation sites (N-methyl/N-ethyl adjacent to an activating group) is 1. The molecule has 4 heteroatoms. The van der Waals surface area contributed by atoms with Gasteiger partial charge in [0.05, 0.1) is 0 Å². The third kappa shape index (κ3) is 4.37. The number of rotatable bonds is 6. The summed E-state index contributed by atoms with van der Waals surface area (Å²) in [7, 11) is 2.12. The van der Waals surface area contributed by atoms with Crippen molar-refractivity contribution in [2.75, 3.05) is 20.1 Å². The highest BCUT2D eigenvalue weighted by Crippen LogP contribution is 2.24. The zero-order valence-electron chi connectivity index (χ0n) is 12.6. The molecule has 2 N–H and O–H groups in total. The maximum Gasteiger partial charge on any atom is 0.0467 e. The second-order valence-corrected chi connectivity index (χ2v) is 6.17. The molecule has 1 aromatic heterocycles. The van der Waals surface area contributed by atoms with Crippen LogP contribution in [0, 0.1) is 6.92 Å². The van der Waals surface area contributed by atoms with E-state index in [0.29, 0.717) is 6.54 Å². The van der Waals surface area contributed by atoms with Crippen LogP contribution in [0.3, 0.4) is 0 Å². The van der Waals surface area contributed by atoms with Gasteiger partial charge in [0.1, 0.15) is 0 Å². The molecule has 0 aliphatic rings. The fourth-order valence-electron chi connectivity index (χ4n) is 2.38. The van der Waals surface area contributed by atoms with Crippen LogP contribution < -0.4 is 5.73 Å². The first-order valence-corrected chi connectivity index (χ1v) is 7.97. The quantitative estimate of drug-likeness (QED) is 0.871. The molecule has 2 rings (SSSR count). The second-order valence-electron chi connectivity index (χ2n) is 5.31. The molecule has 0 aliphatic heterocycles. The average Bonchev–Trinajstić information content (AvgIpc) is 2.50. The lowest BCUT2D eigenvalue weighted by molar-refractivity contribution is 0.252. The minimum atomic E-state index is 0.227. The topological polar surface area (TPSA) is 42.1 Å². The van der Waals surface area contributed by atoms with Gasteiger partial charge in [-0.1, -0.05) is 34.1 Å². The van der Waals surface area contributed by atoms with Gasteiger partial charge in [-0.15, -0.1) is 0 Å². The fraction of sp³-hybridized carbons (Fsp3) is 0.353. The molecule has 0 radical (unpaired) electrons. The van der Waals surface area contributed by atoms with Crippen LogP contribution in [0.2, 0.25) is 0 Å². The lowest BCUT2D eigenvalue weighted by Gasteiger charge is -2.27. The van der Waals surface area contributed by atoms with Crippen molar-refractivity contribution < 1.29 is 0 Å². The number of nitrogens with two attached hydrogens (primary N) is 1. The molecule has 0 saturated heterocycles. The van der Waals surface area contributed by atoms with Crippen LogP contribution in [-0.2, 0) is 6.42 Å². The Balaban J connectivity index is 2.04. The number of aromatic nitrogens is 1. The van der Waals surface area contributed by atoms with Gasteiger partial charge in [0.2, 0.25) is 0 Å². The van der Waals surface area contributed by atoms with Gasteiger partial charge in [-0.3, -0.25) is 9.88 Å². The van der Waals surface area contributed by atoms with Gasteiger partial charge in [0.15, 0.2) is 0 Å². The summed E-state index contributed by atoms with van der Waals surface area (Å²) in [5.74, 6) is 0. The van der Waals surface area contributed by atoms with E-state index in [1.165, 1.54) is 11.1 Å². The van der Waals surface area contributed by atoms with E-state index in [0.717, 1.165) is 23.1 Å². The van der Waals surface area contributed by atoms with E-state index in [4.69, 9.17) is 5.73 Å². The van der Waals surface area contributed by atoms with Gasteiger partial charge in [-0.2, -0.15) is 0 Å². The zero-order valence-corrected chi connectivity index (χ0v) is 14.2. The standard InChI is InChI=1S/C17H22BrN3/c1-13-6-7-14(11-16(13)18)17(12-19)21(2)10-8-15-5-3-4-9-20-15/h3-7,9,11,17H,8,10,12,19H2,1-2H3. The summed E-state index contributed by atoms with van der Waals surface area (Å²) < 4.78 is 1.14. The van der Waals surface area contributed by atoms with E-state index in [9.17, 15) is 0 Å². The van der Waals surface area contributed by atoms with Gasteiger partial charge < -0.3 is 5.73 Å². The third-order valence-corrected chi connectivity index (χ3v) is 4.64. The minimum Gasteiger partial charge on any atom is -0.329 e. The van der Waals surface area contributed by atoms with Gasteiger partial charge in [-0.25, -0.2) is 0 Å². The molecule has 1 aromatic carbocycles. The molecule has 3 nitrogen and oxygen atoms in total. The Labute approximate surface area is 135 Å². The highest BCUT2D eigenvalue weighted by molar-refractivity contribution is 9.10. The molecule has 1 heterocycles. The second kappa shape index (κ2) is 7.69. The van der Waals surface area contributed by atoms with E-state index >= 15 is 0 Å². The highest BCUT2D eigenvalue weighted by Gasteiger charge is 2.16. The number of benzene rings is 1. The first-order valence-electron chi connectivity index (χ1n) is 7.18. The third-order valence-electron chi connectivity index (χ3n) is 3.78. The molecule has 112 valence electrons. The van der Waals surface area contributed by atoms with Crippen LogP contribution in [0.5, 0.6) is 0 Å². The Morgan fingerprint density at radius 3 is 2.71 bits per heavy atom. The number of aryl methyl sites for hydroxylation is 1. The molecule has 2 aromatic rings. The summed E-state index contributed by atoms with van der Waals surface area (Å²) in [5, 5.41) is 0. The Bertz CT molecular complexity index is 572. The number of halogens is 1. The van der Waals surface area contributed by atoms with Crippen LogP contribution in [0.25, 0.3) is 0 Å². The summed E-state index contributed by atoms with van der Waals surface area (Å²) in [4.78, 5) is 6.67. The number of pyridine rings is 1. The highest BCUT2D eigenvalue weighted by atomic mass is 79.9. The van der Waals surface area contributed by atoms with Crippen molar-refractivity contribution in [2.45, 2.75) is 19.4 Å². The molecule has 0 spiro atoms. The van der Waals surface area contributed by atoms with Gasteiger partial charge in [0, 0.05) is 41.9 Å². The smallest absolute Gasteiger partial charge is 0.0467 e. The first-order chi connectivity index (χ1) is 10.1. The summed E-state index contributed by atoms with van der Waals surface area (Å²) >= 11 is 3.60. The predicted octanol–water partition coefficient (Wildman–Crippen LogP) is 3.33. The molecule has 1 unspecified atom stereocenters. The van der Waals surface area contributed by atoms with E-state index in [2.05, 4.69) is 64.1 Å². The van der Waals surface area contributed by atoms with Crippen LogP contribution in [0.1, 0.15) is 22.9 Å². The van der Waals surface area contributed by atoms with E-state index < -0.39 is 0 Å². The zero-order chi connectivity index (χ0) is 15.2. The maximum atomic E-state index is 5.99. The Kier molecular flexibility index (Phi) is 5.91. The van der Waals surface area contributed by atoms with Crippen LogP contribution in [0.15, 0.2) is 47.1 Å². The molecule has 0 saturated carbocycles. The van der Waals surface area contributed by atoms with Crippen molar-refractivity contribution in [3.05, 3.63) is 63.9 Å². The van der Waals surface area contributed by atoms with E-state index in [-0.39, 0.29) is 6.04 Å². The van der Waals surface area contributed by atoms with Crippen LogP contribution in [0.4, 0.5) is 0 Å². The predicted molar refractivity (Wildman–Crippen MR) is 91.2 cm³/mol. The molecular weight excluding hydrogens is 326 g/mol. The summed E-state index contributed by atoms with van der Waals surface area (Å²) in [6.45, 7) is 3.63. The van der Waals surface area contributed by atoms with Gasteiger partial charge >= 0.3 is 0 Å². The first kappa shape index (κ1) is 16.1. The van der Waals surface area contributed by atoms with Crippen molar-refractivity contribution in [3.63, 3.8) is 0 Å². The lowest BCUT2D eigenvalue weighted by atomic mass is 10.0. The van der Waals surface area contributed by atoms with Crippen LogP contribution in [-0.4, -0.2) is 30.0 Å². The Morgan fingerprint density at radius 2 is 2.10 bits per heavy atom. The van der Waals surface area contributed by atoms with Crippen molar-refractivity contribution in [2.24, 2.45) is 5.73 Å². The SMILES string of the molecule is Cc1ccc(C(CN)N(C)CCc2ccccn2)cc1Br. The number of hydrogen-bond donors (Lipinski definition) is 1. The summed E-state index contributed by atoms with van der Waals surface area (Å²) in [6, 6.07) is 12.7. The molecule has 0 aliphatic carbocycles. The monoisotopic (exact) mass is 347 g/mol. The van der Waals surface area contributed by atoms with Gasteiger partial charge in [-0.05, 0) is 43.3 Å². The van der Waals surface area contributed by atoms with E-state index in [1.807, 2.05) is 18.3 Å². The summed E-state index contributed by atoms with van der Waals surface area (Å²) in [6.07, 6.45) is 2.77. The number of nitrogens with zero attached hydrogens (tertiary/aromatic N) is 2. The van der Waals surface area contributed by atoms with Crippen LogP contribution >= 0.6 is 15.9 Å². The van der Waals surface area contributed by atoms with Crippen molar-refractivity contribution in [3.8, 4) is 0 Å². The minimum absolute atomic E-state index is 0.227. The molecule has 0 amide bonds. The Hall–Kier alpha value is -1.23. The number of hydrogen-bond acceptors (Lipinski definition) is 3. The Morgan fingerprint density at radius 1 is 1.29 bits per heavy atom. The molecule has 1 atom stereocenters. The van der Waals surface area contributed by atoms with E-state index in [1.54, 1.807) is 0 Å². The normalized spacial score (nSPS) is 12.6. The lowest BCUT2D eigenvalue weighted by Crippen LogP contribution is -2.32. The molecule has 0 fully saturated rings. The fourth-order valence-corrected chi connectivity index (χ4v) is 2.78. The molecule has 21 heavy (non-hydrogen) atoms. The van der Waals surface area contributed by atoms with Crippen molar-refractivity contribution in [1.29, 1.82) is 0 Å². The maximum absolute atomic E-state index is 5.99.